The number of nitrogens with zero attached hydrogens (tertiary/aromatic N) is 2. The summed E-state index contributed by atoms with van der Waals surface area (Å²) in [6.07, 6.45) is 0. The molecule has 0 spiro atoms. The first-order valence-corrected chi connectivity index (χ1v) is 8.27. The number of hydrogen-bond acceptors (Lipinski definition) is 4. The molecule has 7 heteroatoms. The van der Waals surface area contributed by atoms with Crippen LogP contribution in [0.4, 0.5) is 0 Å². The third-order valence-corrected chi connectivity index (χ3v) is 3.82. The van der Waals surface area contributed by atoms with Gasteiger partial charge in [-0.3, -0.25) is 9.59 Å². The molecule has 2 rings (SSSR count). The molecule has 0 aliphatic heterocycles. The molecular formula is C18H21ClN4O2. The zero-order chi connectivity index (χ0) is 18.2. The third-order valence-electron chi connectivity index (χ3n) is 3.46. The fourth-order valence-corrected chi connectivity index (χ4v) is 2.28. The normalized spacial score (nSPS) is 10.6. The smallest absolute Gasteiger partial charge is 0.270 e. The predicted octanol–water partition coefficient (Wildman–Crippen LogP) is 1.96. The zero-order valence-electron chi connectivity index (χ0n) is 14.3. The van der Waals surface area contributed by atoms with Crippen molar-refractivity contribution in [3.05, 3.63) is 64.4 Å². The van der Waals surface area contributed by atoms with Gasteiger partial charge in [0.25, 0.3) is 11.8 Å². The second-order valence-corrected chi connectivity index (χ2v) is 6.15. The van der Waals surface area contributed by atoms with E-state index in [1.807, 2.05) is 37.2 Å². The highest BCUT2D eigenvalue weighted by Crippen LogP contribution is 2.14. The van der Waals surface area contributed by atoms with Gasteiger partial charge in [0, 0.05) is 24.7 Å². The number of halogens is 1. The van der Waals surface area contributed by atoms with Crippen molar-refractivity contribution in [3.8, 4) is 0 Å². The molecule has 132 valence electrons. The Hall–Kier alpha value is -2.44. The molecule has 0 saturated heterocycles. The number of carbonyl (C=O) groups excluding carboxylic acids is 2. The molecule has 0 aliphatic rings. The lowest BCUT2D eigenvalue weighted by atomic mass is 10.2. The Morgan fingerprint density at radius 3 is 2.28 bits per heavy atom. The Kier molecular flexibility index (Phi) is 6.91. The van der Waals surface area contributed by atoms with Crippen molar-refractivity contribution < 1.29 is 9.59 Å². The number of nitrogens with one attached hydrogen (secondary N) is 2. The topological polar surface area (TPSA) is 74.3 Å². The van der Waals surface area contributed by atoms with Gasteiger partial charge in [0.05, 0.1) is 0 Å². The number of pyridine rings is 1. The number of hydrogen-bond donors (Lipinski definition) is 2. The van der Waals surface area contributed by atoms with Gasteiger partial charge in [0.1, 0.15) is 11.4 Å². The number of rotatable bonds is 7. The van der Waals surface area contributed by atoms with E-state index in [1.165, 1.54) is 0 Å². The lowest BCUT2D eigenvalue weighted by molar-refractivity contribution is 0.0941. The van der Waals surface area contributed by atoms with Crippen LogP contribution in [-0.4, -0.2) is 48.9 Å². The molecule has 0 fully saturated rings. The van der Waals surface area contributed by atoms with Gasteiger partial charge in [-0.1, -0.05) is 35.9 Å². The van der Waals surface area contributed by atoms with Gasteiger partial charge in [-0.15, -0.1) is 0 Å². The third kappa shape index (κ3) is 5.85. The molecule has 1 aromatic carbocycles. The largest absolute Gasteiger partial charge is 0.349 e. The molecule has 25 heavy (non-hydrogen) atoms. The van der Waals surface area contributed by atoms with Gasteiger partial charge >= 0.3 is 0 Å². The second-order valence-electron chi connectivity index (χ2n) is 5.74. The second kappa shape index (κ2) is 9.15. The van der Waals surface area contributed by atoms with E-state index in [0.717, 1.165) is 12.1 Å². The Morgan fingerprint density at radius 2 is 1.64 bits per heavy atom. The fourth-order valence-electron chi connectivity index (χ4n) is 2.08. The maximum Gasteiger partial charge on any atom is 0.270 e. The summed E-state index contributed by atoms with van der Waals surface area (Å²) in [4.78, 5) is 30.4. The standard InChI is InChI=1S/C18H21ClN4O2/c1-23(2)11-10-20-17(24)15-8-5-9-16(22-15)18(25)21-12-13-6-3-4-7-14(13)19/h3-9H,10-12H2,1-2H3,(H,20,24)(H,21,25). The van der Waals surface area contributed by atoms with Crippen LogP contribution < -0.4 is 10.6 Å². The van der Waals surface area contributed by atoms with E-state index in [0.29, 0.717) is 18.1 Å². The average Bonchev–Trinajstić information content (AvgIpc) is 2.60. The first-order chi connectivity index (χ1) is 12.0. The number of likely N-dealkylation sites (N-methyl/N-ethyl adjacent to an activating group) is 1. The Bertz CT molecular complexity index is 749. The summed E-state index contributed by atoms with van der Waals surface area (Å²) in [5.41, 5.74) is 1.21. The summed E-state index contributed by atoms with van der Waals surface area (Å²) < 4.78 is 0. The number of amides is 2. The van der Waals surface area contributed by atoms with Crippen LogP contribution in [0.1, 0.15) is 26.5 Å². The minimum atomic E-state index is -0.358. The molecule has 0 bridgehead atoms. The number of benzene rings is 1. The molecular weight excluding hydrogens is 340 g/mol. The van der Waals surface area contributed by atoms with Crippen molar-refractivity contribution in [2.75, 3.05) is 27.2 Å². The summed E-state index contributed by atoms with van der Waals surface area (Å²) in [5.74, 6) is -0.662. The molecule has 6 nitrogen and oxygen atoms in total. The molecule has 2 amide bonds. The van der Waals surface area contributed by atoms with Crippen molar-refractivity contribution >= 4 is 23.4 Å². The molecule has 0 atom stereocenters. The lowest BCUT2D eigenvalue weighted by Gasteiger charge is -2.10. The highest BCUT2D eigenvalue weighted by molar-refractivity contribution is 6.31. The molecule has 0 unspecified atom stereocenters. The Balaban J connectivity index is 1.96. The van der Waals surface area contributed by atoms with Gasteiger partial charge in [0.2, 0.25) is 0 Å². The SMILES string of the molecule is CN(C)CCNC(=O)c1cccc(C(=O)NCc2ccccc2Cl)n1. The maximum absolute atomic E-state index is 12.3. The van der Waals surface area contributed by atoms with Crippen LogP contribution in [0.25, 0.3) is 0 Å². The zero-order valence-corrected chi connectivity index (χ0v) is 15.0. The van der Waals surface area contributed by atoms with Crippen molar-refractivity contribution in [2.24, 2.45) is 0 Å². The number of carbonyl (C=O) groups is 2. The summed E-state index contributed by atoms with van der Waals surface area (Å²) in [6, 6.07) is 12.1. The van der Waals surface area contributed by atoms with E-state index in [-0.39, 0.29) is 23.2 Å². The summed E-state index contributed by atoms with van der Waals surface area (Å²) >= 11 is 6.07. The van der Waals surface area contributed by atoms with E-state index in [1.54, 1.807) is 24.3 Å². The van der Waals surface area contributed by atoms with E-state index >= 15 is 0 Å². The van der Waals surface area contributed by atoms with Crippen LogP contribution in [0, 0.1) is 0 Å². The molecule has 0 saturated carbocycles. The van der Waals surface area contributed by atoms with E-state index in [9.17, 15) is 9.59 Å². The van der Waals surface area contributed by atoms with Crippen molar-refractivity contribution in [2.45, 2.75) is 6.54 Å². The summed E-state index contributed by atoms with van der Waals surface area (Å²) in [6.45, 7) is 1.53. The van der Waals surface area contributed by atoms with Crippen LogP contribution >= 0.6 is 11.6 Å². The molecule has 2 aromatic rings. The van der Waals surface area contributed by atoms with Gasteiger partial charge < -0.3 is 15.5 Å². The average molecular weight is 361 g/mol. The monoisotopic (exact) mass is 360 g/mol. The van der Waals surface area contributed by atoms with Crippen molar-refractivity contribution in [1.29, 1.82) is 0 Å². The Labute approximate surface area is 152 Å². The van der Waals surface area contributed by atoms with Crippen LogP contribution in [0.5, 0.6) is 0 Å². The highest BCUT2D eigenvalue weighted by Gasteiger charge is 2.12. The first kappa shape index (κ1) is 18.9. The van der Waals surface area contributed by atoms with Gasteiger partial charge in [-0.05, 0) is 37.9 Å². The quantitative estimate of drug-likeness (QED) is 0.791. The van der Waals surface area contributed by atoms with Crippen LogP contribution in [-0.2, 0) is 6.54 Å². The van der Waals surface area contributed by atoms with Crippen LogP contribution in [0.2, 0.25) is 5.02 Å². The summed E-state index contributed by atoms with van der Waals surface area (Å²) in [5, 5.41) is 6.11. The van der Waals surface area contributed by atoms with Crippen LogP contribution in [0.15, 0.2) is 42.5 Å². The fraction of sp³-hybridized carbons (Fsp3) is 0.278. The first-order valence-electron chi connectivity index (χ1n) is 7.89. The van der Waals surface area contributed by atoms with E-state index in [4.69, 9.17) is 11.6 Å². The molecule has 1 aromatic heterocycles. The minimum absolute atomic E-state index is 0.187. The maximum atomic E-state index is 12.3. The predicted molar refractivity (Wildman–Crippen MR) is 97.7 cm³/mol. The van der Waals surface area contributed by atoms with Crippen molar-refractivity contribution in [3.63, 3.8) is 0 Å². The molecule has 1 heterocycles. The van der Waals surface area contributed by atoms with Gasteiger partial charge in [0.15, 0.2) is 0 Å². The highest BCUT2D eigenvalue weighted by atomic mass is 35.5. The van der Waals surface area contributed by atoms with E-state index in [2.05, 4.69) is 15.6 Å². The van der Waals surface area contributed by atoms with E-state index < -0.39 is 0 Å². The lowest BCUT2D eigenvalue weighted by Crippen LogP contribution is -2.32. The van der Waals surface area contributed by atoms with Crippen LogP contribution in [0.3, 0.4) is 0 Å². The Morgan fingerprint density at radius 1 is 1.00 bits per heavy atom. The summed E-state index contributed by atoms with van der Waals surface area (Å²) in [7, 11) is 3.85. The van der Waals surface area contributed by atoms with Gasteiger partial charge in [-0.2, -0.15) is 0 Å². The minimum Gasteiger partial charge on any atom is -0.349 e. The molecule has 0 radical (unpaired) electrons. The van der Waals surface area contributed by atoms with Crippen molar-refractivity contribution in [1.82, 2.24) is 20.5 Å². The molecule has 2 N–H and O–H groups in total. The number of aromatic nitrogens is 1. The molecule has 0 aliphatic carbocycles. The van der Waals surface area contributed by atoms with Gasteiger partial charge in [-0.25, -0.2) is 4.98 Å².